The van der Waals surface area contributed by atoms with Gasteiger partial charge >= 0.3 is 0 Å². The van der Waals surface area contributed by atoms with Crippen LogP contribution < -0.4 is 14.7 Å². The van der Waals surface area contributed by atoms with E-state index >= 15 is 0 Å². The van der Waals surface area contributed by atoms with Gasteiger partial charge in [0.1, 0.15) is 6.07 Å². The monoisotopic (exact) mass is 942 g/mol. The maximum absolute atomic E-state index is 12.5. The minimum atomic E-state index is 0.108. The van der Waals surface area contributed by atoms with Gasteiger partial charge in [-0.25, -0.2) is 0 Å². The second-order valence-corrected chi connectivity index (χ2v) is 21.6. The number of nitrogens with zero attached hydrogens (tertiary/aromatic N) is 10. The molecule has 69 heavy (non-hydrogen) atoms. The van der Waals surface area contributed by atoms with Crippen LogP contribution in [0, 0.1) is 22.2 Å². The average Bonchev–Trinajstić information content (AvgIpc) is 4.15. The van der Waals surface area contributed by atoms with Crippen LogP contribution in [-0.2, 0) is 22.5 Å². The quantitative estimate of drug-likeness (QED) is 0.154. The minimum Gasteiger partial charge on any atom is -0.381 e. The van der Waals surface area contributed by atoms with Crippen molar-refractivity contribution in [3.8, 4) is 28.6 Å². The Labute approximate surface area is 410 Å². The highest BCUT2D eigenvalue weighted by atomic mass is 35.5. The van der Waals surface area contributed by atoms with Gasteiger partial charge in [-0.15, -0.1) is 0 Å². The van der Waals surface area contributed by atoms with Gasteiger partial charge in [-0.2, -0.15) is 15.5 Å². The number of halogens is 1. The van der Waals surface area contributed by atoms with Crippen LogP contribution in [0.1, 0.15) is 106 Å². The first kappa shape index (κ1) is 44.3. The molecule has 12 nitrogen and oxygen atoms in total. The summed E-state index contributed by atoms with van der Waals surface area (Å²) in [5.74, 6) is 0.108. The highest BCUT2D eigenvalue weighted by Crippen LogP contribution is 2.49. The summed E-state index contributed by atoms with van der Waals surface area (Å²) in [5, 5.41) is 22.3. The van der Waals surface area contributed by atoms with Crippen molar-refractivity contribution in [1.29, 1.82) is 5.26 Å². The van der Waals surface area contributed by atoms with Gasteiger partial charge in [-0.05, 0) is 135 Å². The molecular weight excluding hydrogens is 880 g/mol. The molecule has 0 radical (unpaired) electrons. The Morgan fingerprint density at radius 3 is 2.13 bits per heavy atom. The van der Waals surface area contributed by atoms with Crippen LogP contribution in [0.15, 0.2) is 85.3 Å². The predicted octanol–water partition coefficient (Wildman–Crippen LogP) is 10.6. The van der Waals surface area contributed by atoms with E-state index in [1.165, 1.54) is 67.6 Å². The Kier molecular flexibility index (Phi) is 11.6. The molecular formula is C56H63ClN10O2. The van der Waals surface area contributed by atoms with Crippen molar-refractivity contribution in [2.24, 2.45) is 10.8 Å². The summed E-state index contributed by atoms with van der Waals surface area (Å²) in [6.45, 7) is 11.0. The van der Waals surface area contributed by atoms with E-state index in [0.717, 1.165) is 130 Å². The normalized spacial score (nSPS) is 20.8. The van der Waals surface area contributed by atoms with Crippen LogP contribution in [-0.4, -0.2) is 94.4 Å². The lowest BCUT2D eigenvalue weighted by Gasteiger charge is -2.46. The summed E-state index contributed by atoms with van der Waals surface area (Å²) in [5.41, 5.74) is 11.6. The van der Waals surface area contributed by atoms with Gasteiger partial charge in [-0.3, -0.25) is 19.1 Å². The smallest absolute Gasteiger partial charge is 0.219 e. The molecule has 5 aliphatic heterocycles. The Balaban J connectivity index is 0.652. The van der Waals surface area contributed by atoms with Crippen molar-refractivity contribution in [3.05, 3.63) is 107 Å². The van der Waals surface area contributed by atoms with Crippen LogP contribution >= 0.6 is 11.6 Å². The van der Waals surface area contributed by atoms with E-state index in [4.69, 9.17) is 31.5 Å². The highest BCUT2D eigenvalue weighted by Gasteiger charge is 2.42. The van der Waals surface area contributed by atoms with Gasteiger partial charge in [0.05, 0.1) is 40.3 Å². The van der Waals surface area contributed by atoms with Crippen molar-refractivity contribution in [2.75, 3.05) is 73.7 Å². The van der Waals surface area contributed by atoms with Crippen LogP contribution in [0.3, 0.4) is 0 Å². The molecule has 356 valence electrons. The van der Waals surface area contributed by atoms with Crippen LogP contribution in [0.4, 0.5) is 17.1 Å². The van der Waals surface area contributed by atoms with E-state index in [1.54, 1.807) is 6.92 Å². The topological polar surface area (TPSA) is 112 Å². The second kappa shape index (κ2) is 18.1. The first-order chi connectivity index (χ1) is 33.7. The molecule has 8 heterocycles. The van der Waals surface area contributed by atoms with Crippen molar-refractivity contribution in [1.82, 2.24) is 29.4 Å². The number of carbonyl (C=O) groups is 1. The third-order valence-corrected chi connectivity index (χ3v) is 17.8. The molecule has 13 heteroatoms. The van der Waals surface area contributed by atoms with E-state index < -0.39 is 0 Å². The molecule has 5 fully saturated rings. The molecule has 1 amide bonds. The second-order valence-electron chi connectivity index (χ2n) is 21.2. The lowest BCUT2D eigenvalue weighted by molar-refractivity contribution is -0.129. The largest absolute Gasteiger partial charge is 0.381 e. The zero-order valence-corrected chi connectivity index (χ0v) is 40.7. The molecule has 0 unspecified atom stereocenters. The molecule has 1 saturated carbocycles. The number of piperidine rings is 2. The average molecular weight is 944 g/mol. The van der Waals surface area contributed by atoms with Crippen molar-refractivity contribution >= 4 is 45.3 Å². The molecule has 0 N–H and O–H groups in total. The summed E-state index contributed by atoms with van der Waals surface area (Å²) >= 11 is 6.39. The predicted molar refractivity (Wildman–Crippen MR) is 273 cm³/mol. The summed E-state index contributed by atoms with van der Waals surface area (Å²) in [6.07, 6.45) is 19.9. The van der Waals surface area contributed by atoms with E-state index in [9.17, 15) is 10.1 Å². The molecule has 1 aliphatic carbocycles. The number of rotatable bonds is 7. The number of carbonyl (C=O) groups excluding carboxylic acids is 1. The maximum Gasteiger partial charge on any atom is 0.219 e. The molecule has 0 bridgehead atoms. The number of amides is 1. The molecule has 2 spiro atoms. The summed E-state index contributed by atoms with van der Waals surface area (Å²) in [6, 6.07) is 26.9. The van der Waals surface area contributed by atoms with Gasteiger partial charge in [0.25, 0.3) is 0 Å². The number of pyridine rings is 1. The molecule has 0 atom stereocenters. The Hall–Kier alpha value is -5.90. The summed E-state index contributed by atoms with van der Waals surface area (Å²) < 4.78 is 10.2. The van der Waals surface area contributed by atoms with Gasteiger partial charge in [-0.1, -0.05) is 29.8 Å². The van der Waals surface area contributed by atoms with Gasteiger partial charge < -0.3 is 24.3 Å². The lowest BCUT2D eigenvalue weighted by atomic mass is 9.67. The maximum atomic E-state index is 12.5. The first-order valence-corrected chi connectivity index (χ1v) is 26.0. The van der Waals surface area contributed by atoms with E-state index in [0.29, 0.717) is 40.0 Å². The molecule has 4 saturated heterocycles. The molecule has 12 rings (SSSR count). The van der Waals surface area contributed by atoms with Crippen LogP contribution in [0.2, 0.25) is 5.02 Å². The van der Waals surface area contributed by atoms with E-state index in [1.807, 2.05) is 29.4 Å². The van der Waals surface area contributed by atoms with E-state index in [2.05, 4.69) is 90.9 Å². The number of fused-ring (bicyclic) bond motifs is 2. The number of hydrogen-bond acceptors (Lipinski definition) is 9. The minimum absolute atomic E-state index is 0.108. The number of aromatic nitrogens is 5. The number of ether oxygens (including phenoxy) is 1. The highest BCUT2D eigenvalue weighted by molar-refractivity contribution is 6.32. The van der Waals surface area contributed by atoms with Crippen molar-refractivity contribution < 1.29 is 9.53 Å². The Morgan fingerprint density at radius 1 is 0.768 bits per heavy atom. The Bertz CT molecular complexity index is 2900. The SMILES string of the molecule is CC(=O)N1CCc2c(c(-c3cccc4cc(-c5cnn(C6CCC7(CC6)CCN(c6ccc(N8CCC9(CC8)CCN(c8ccc(C#N)c(Cl)c8)C9)cc6)CC7)c5)ncc34)nn2C2CCOCC2)C1. The van der Waals surface area contributed by atoms with Gasteiger partial charge in [0.2, 0.25) is 5.91 Å². The van der Waals surface area contributed by atoms with Crippen LogP contribution in [0.5, 0.6) is 0 Å². The molecule has 3 aromatic carbocycles. The van der Waals surface area contributed by atoms with Gasteiger partial charge in [0.15, 0.2) is 0 Å². The molecule has 6 aromatic rings. The summed E-state index contributed by atoms with van der Waals surface area (Å²) in [7, 11) is 0. The lowest BCUT2D eigenvalue weighted by Crippen LogP contribution is -2.42. The number of anilines is 3. The standard InChI is InChI=1S/C56H63ClN10O2/c1-39(68)64-23-13-53-50(37-64)54(61-67(53)46-14-29-69-30-15-46)48-4-2-3-40-31-52(59-35-49(40)48)42-34-60-66(36-42)45-11-16-55(17-12-45)18-24-62(25-19-55)43-7-9-44(10-8-43)63-26-20-56(21-27-63)22-28-65(38-56)47-6-5-41(33-58)51(57)32-47/h2-10,31-32,34-36,45-46H,11-30,37-38H2,1H3. The van der Waals surface area contributed by atoms with Crippen molar-refractivity contribution in [3.63, 3.8) is 0 Å². The fourth-order valence-electron chi connectivity index (χ4n) is 13.1. The Morgan fingerprint density at radius 2 is 1.45 bits per heavy atom. The number of benzene rings is 3. The van der Waals surface area contributed by atoms with Crippen molar-refractivity contribution in [2.45, 2.75) is 103 Å². The third-order valence-electron chi connectivity index (χ3n) is 17.5. The number of nitriles is 1. The fraction of sp³-hybridized carbons (Fsp3) is 0.482. The van der Waals surface area contributed by atoms with Gasteiger partial charge in [0, 0.05) is 136 Å². The third kappa shape index (κ3) is 8.43. The zero-order valence-electron chi connectivity index (χ0n) is 40.0. The zero-order chi connectivity index (χ0) is 46.7. The van der Waals surface area contributed by atoms with Crippen LogP contribution in [0.25, 0.3) is 33.3 Å². The number of hydrogen-bond donors (Lipinski definition) is 0. The molecule has 3 aromatic heterocycles. The van der Waals surface area contributed by atoms with E-state index in [-0.39, 0.29) is 5.91 Å². The summed E-state index contributed by atoms with van der Waals surface area (Å²) in [4.78, 5) is 27.2. The first-order valence-electron chi connectivity index (χ1n) is 25.6. The fourth-order valence-corrected chi connectivity index (χ4v) is 13.3. The molecule has 6 aliphatic rings.